The maximum absolute atomic E-state index is 11.9. The molecule has 0 bridgehead atoms. The highest BCUT2D eigenvalue weighted by Crippen LogP contribution is 2.25. The monoisotopic (exact) mass is 347 g/mol. The third-order valence-electron chi connectivity index (χ3n) is 3.56. The number of benzene rings is 2. The first kappa shape index (κ1) is 18.0. The van der Waals surface area contributed by atoms with Gasteiger partial charge in [0.05, 0.1) is 0 Å². The number of ether oxygens (including phenoxy) is 1. The van der Waals surface area contributed by atoms with Crippen molar-refractivity contribution in [3.05, 3.63) is 53.6 Å². The van der Waals surface area contributed by atoms with E-state index in [-0.39, 0.29) is 0 Å². The molecule has 2 rings (SSSR count). The minimum atomic E-state index is -3.42. The van der Waals surface area contributed by atoms with Crippen molar-refractivity contribution in [2.45, 2.75) is 26.0 Å². The van der Waals surface area contributed by atoms with Crippen LogP contribution in [0.1, 0.15) is 18.1 Å². The summed E-state index contributed by atoms with van der Waals surface area (Å²) in [6.45, 7) is 5.37. The van der Waals surface area contributed by atoms with E-state index in [1.807, 2.05) is 26.0 Å². The normalized spacial score (nSPS) is 12.5. The minimum absolute atomic E-state index is 0.517. The number of carbonyl (C=O) groups excluding carboxylic acids is 1. The Hall–Kier alpha value is -2.34. The van der Waals surface area contributed by atoms with Crippen LogP contribution in [0.5, 0.6) is 11.5 Å². The first-order valence-corrected chi connectivity index (χ1v) is 9.46. The van der Waals surface area contributed by atoms with Crippen molar-refractivity contribution in [2.24, 2.45) is 0 Å². The second-order valence-electron chi connectivity index (χ2n) is 5.91. The zero-order valence-electron chi connectivity index (χ0n) is 14.2. The largest absolute Gasteiger partial charge is 0.457 e. The number of aryl methyl sites for hydroxylation is 2. The molecule has 0 aliphatic carbocycles. The van der Waals surface area contributed by atoms with Crippen LogP contribution in [0.3, 0.4) is 0 Å². The molecular weight excluding hydrogens is 326 g/mol. The summed E-state index contributed by atoms with van der Waals surface area (Å²) in [7, 11) is -3.42. The van der Waals surface area contributed by atoms with Crippen LogP contribution in [-0.4, -0.2) is 25.8 Å². The molecule has 0 saturated carbocycles. The van der Waals surface area contributed by atoms with Crippen molar-refractivity contribution in [1.82, 2.24) is 0 Å². The third kappa shape index (κ3) is 4.83. The molecule has 2 aromatic rings. The summed E-state index contributed by atoms with van der Waals surface area (Å²) in [6, 6.07) is 12.7. The zero-order valence-corrected chi connectivity index (χ0v) is 15.0. The van der Waals surface area contributed by atoms with Gasteiger partial charge in [0.25, 0.3) is 0 Å². The number of nitrogens with one attached hydrogen (secondary N) is 1. The van der Waals surface area contributed by atoms with E-state index in [4.69, 9.17) is 4.74 Å². The maximum Gasteiger partial charge on any atom is 0.242 e. The molecule has 5 nitrogen and oxygen atoms in total. The van der Waals surface area contributed by atoms with E-state index in [1.165, 1.54) is 6.92 Å². The fourth-order valence-electron chi connectivity index (χ4n) is 2.17. The zero-order chi connectivity index (χ0) is 17.9. The summed E-state index contributed by atoms with van der Waals surface area (Å²) >= 11 is 0. The lowest BCUT2D eigenvalue weighted by atomic mass is 10.1. The maximum atomic E-state index is 11.9. The molecule has 0 aliphatic heterocycles. The van der Waals surface area contributed by atoms with Crippen LogP contribution in [0.4, 0.5) is 5.69 Å². The molecule has 1 amide bonds. The first-order valence-electron chi connectivity index (χ1n) is 7.51. The molecule has 0 radical (unpaired) electrons. The fraction of sp³-hybridized carbons (Fsp3) is 0.278. The molecule has 0 aromatic heterocycles. The fourth-order valence-corrected chi connectivity index (χ4v) is 2.62. The number of rotatable bonds is 5. The molecule has 0 unspecified atom stereocenters. The Kier molecular flexibility index (Phi) is 5.29. The third-order valence-corrected chi connectivity index (χ3v) is 5.06. The first-order chi connectivity index (χ1) is 11.1. The number of amides is 1. The van der Waals surface area contributed by atoms with Crippen molar-refractivity contribution in [3.63, 3.8) is 0 Å². The van der Waals surface area contributed by atoms with Crippen molar-refractivity contribution < 1.29 is 17.9 Å². The number of carbonyl (C=O) groups is 1. The molecule has 1 N–H and O–H groups in total. The summed E-state index contributed by atoms with van der Waals surface area (Å²) in [6.07, 6.45) is 1.04. The molecule has 0 fully saturated rings. The Bertz CT molecular complexity index is 822. The van der Waals surface area contributed by atoms with Crippen LogP contribution in [-0.2, 0) is 14.6 Å². The summed E-state index contributed by atoms with van der Waals surface area (Å²) in [5.41, 5.74) is 2.75. The van der Waals surface area contributed by atoms with Crippen LogP contribution < -0.4 is 10.1 Å². The Balaban J connectivity index is 2.06. The number of sulfone groups is 1. The van der Waals surface area contributed by atoms with Gasteiger partial charge in [-0.05, 0) is 68.3 Å². The Morgan fingerprint density at radius 1 is 1.00 bits per heavy atom. The summed E-state index contributed by atoms with van der Waals surface area (Å²) in [4.78, 5) is 11.9. The SMILES string of the molecule is Cc1cc(C)cc(Oc2ccc(NC(=O)[C@H](C)S(C)(=O)=O)cc2)c1. The smallest absolute Gasteiger partial charge is 0.242 e. The van der Waals surface area contributed by atoms with Crippen molar-refractivity contribution in [2.75, 3.05) is 11.6 Å². The van der Waals surface area contributed by atoms with Crippen LogP contribution in [0.15, 0.2) is 42.5 Å². The van der Waals surface area contributed by atoms with Gasteiger partial charge < -0.3 is 10.1 Å². The van der Waals surface area contributed by atoms with E-state index < -0.39 is 21.0 Å². The Morgan fingerprint density at radius 3 is 2.04 bits per heavy atom. The Morgan fingerprint density at radius 2 is 1.54 bits per heavy atom. The summed E-state index contributed by atoms with van der Waals surface area (Å²) < 4.78 is 28.6. The molecule has 24 heavy (non-hydrogen) atoms. The van der Waals surface area contributed by atoms with Gasteiger partial charge in [-0.2, -0.15) is 0 Å². The molecule has 2 aromatic carbocycles. The standard InChI is InChI=1S/C18H21NO4S/c1-12-9-13(2)11-17(10-12)23-16-7-5-15(6-8-16)19-18(20)14(3)24(4,21)22/h5-11,14H,1-4H3,(H,19,20)/t14-/m0/s1. The predicted octanol–water partition coefficient (Wildman–Crippen LogP) is 3.47. The molecule has 0 aliphatic rings. The van der Waals surface area contributed by atoms with E-state index >= 15 is 0 Å². The van der Waals surface area contributed by atoms with Gasteiger partial charge in [-0.3, -0.25) is 4.79 Å². The number of anilines is 1. The molecular formula is C18H21NO4S. The lowest BCUT2D eigenvalue weighted by molar-refractivity contribution is -0.115. The Labute approximate surface area is 142 Å². The highest BCUT2D eigenvalue weighted by Gasteiger charge is 2.23. The summed E-state index contributed by atoms with van der Waals surface area (Å²) in [5.74, 6) is 0.824. The molecule has 0 heterocycles. The van der Waals surface area contributed by atoms with E-state index in [1.54, 1.807) is 24.3 Å². The van der Waals surface area contributed by atoms with Crippen LogP contribution in [0.2, 0.25) is 0 Å². The predicted molar refractivity (Wildman–Crippen MR) is 95.4 cm³/mol. The molecule has 128 valence electrons. The highest BCUT2D eigenvalue weighted by molar-refractivity contribution is 7.92. The average Bonchev–Trinajstić information content (AvgIpc) is 2.46. The van der Waals surface area contributed by atoms with Gasteiger partial charge in [0.1, 0.15) is 16.7 Å². The van der Waals surface area contributed by atoms with Gasteiger partial charge in [-0.1, -0.05) is 6.07 Å². The van der Waals surface area contributed by atoms with Gasteiger partial charge in [0.15, 0.2) is 9.84 Å². The van der Waals surface area contributed by atoms with E-state index in [2.05, 4.69) is 11.4 Å². The van der Waals surface area contributed by atoms with E-state index in [9.17, 15) is 13.2 Å². The van der Waals surface area contributed by atoms with Crippen molar-refractivity contribution in [3.8, 4) is 11.5 Å². The molecule has 0 saturated heterocycles. The van der Waals surface area contributed by atoms with Gasteiger partial charge in [0.2, 0.25) is 5.91 Å². The van der Waals surface area contributed by atoms with Gasteiger partial charge in [0, 0.05) is 11.9 Å². The summed E-state index contributed by atoms with van der Waals surface area (Å²) in [5, 5.41) is 1.49. The molecule has 1 atom stereocenters. The van der Waals surface area contributed by atoms with Crippen LogP contribution >= 0.6 is 0 Å². The quantitative estimate of drug-likeness (QED) is 0.899. The molecule has 6 heteroatoms. The van der Waals surface area contributed by atoms with Crippen molar-refractivity contribution >= 4 is 21.4 Å². The lowest BCUT2D eigenvalue weighted by Gasteiger charge is -2.11. The van der Waals surface area contributed by atoms with Crippen LogP contribution in [0.25, 0.3) is 0 Å². The second-order valence-corrected chi connectivity index (χ2v) is 8.28. The lowest BCUT2D eigenvalue weighted by Crippen LogP contribution is -2.31. The number of hydrogen-bond donors (Lipinski definition) is 1. The highest BCUT2D eigenvalue weighted by atomic mass is 32.2. The average molecular weight is 347 g/mol. The van der Waals surface area contributed by atoms with Gasteiger partial charge in [-0.15, -0.1) is 0 Å². The van der Waals surface area contributed by atoms with E-state index in [0.717, 1.165) is 23.1 Å². The second kappa shape index (κ2) is 7.05. The van der Waals surface area contributed by atoms with Gasteiger partial charge in [-0.25, -0.2) is 8.42 Å². The van der Waals surface area contributed by atoms with Crippen LogP contribution in [0, 0.1) is 13.8 Å². The van der Waals surface area contributed by atoms with Crippen molar-refractivity contribution in [1.29, 1.82) is 0 Å². The topological polar surface area (TPSA) is 72.5 Å². The minimum Gasteiger partial charge on any atom is -0.457 e. The van der Waals surface area contributed by atoms with E-state index in [0.29, 0.717) is 11.4 Å². The van der Waals surface area contributed by atoms with Gasteiger partial charge >= 0.3 is 0 Å². The molecule has 0 spiro atoms. The number of hydrogen-bond acceptors (Lipinski definition) is 4.